The SMILES string of the molecule is COc1ccc2c(c1)C(C(C)N)CCC2. The van der Waals surface area contributed by atoms with Gasteiger partial charge in [-0.15, -0.1) is 0 Å². The number of hydrogen-bond acceptors (Lipinski definition) is 2. The molecule has 2 nitrogen and oxygen atoms in total. The van der Waals surface area contributed by atoms with Crippen LogP contribution in [0.3, 0.4) is 0 Å². The van der Waals surface area contributed by atoms with Crippen LogP contribution in [0.4, 0.5) is 0 Å². The Labute approximate surface area is 91.4 Å². The Bertz CT molecular complexity index is 346. The van der Waals surface area contributed by atoms with E-state index in [0.29, 0.717) is 5.92 Å². The molecular formula is C13H19NO. The van der Waals surface area contributed by atoms with E-state index in [-0.39, 0.29) is 6.04 Å². The average Bonchev–Trinajstić information content (AvgIpc) is 2.27. The number of nitrogens with two attached hydrogens (primary N) is 1. The molecule has 2 unspecified atom stereocenters. The lowest BCUT2D eigenvalue weighted by Gasteiger charge is -2.28. The molecule has 0 bridgehead atoms. The monoisotopic (exact) mass is 205 g/mol. The standard InChI is InChI=1S/C13H19NO/c1-9(14)12-5-3-4-10-6-7-11(15-2)8-13(10)12/h6-9,12H,3-5,14H2,1-2H3. The first kappa shape index (κ1) is 10.5. The van der Waals surface area contributed by atoms with E-state index in [1.165, 1.54) is 30.4 Å². The van der Waals surface area contributed by atoms with E-state index >= 15 is 0 Å². The molecule has 2 rings (SSSR count). The number of aryl methyl sites for hydroxylation is 1. The highest BCUT2D eigenvalue weighted by Gasteiger charge is 2.23. The van der Waals surface area contributed by atoms with E-state index in [1.54, 1.807) is 7.11 Å². The van der Waals surface area contributed by atoms with Crippen molar-refractivity contribution < 1.29 is 4.74 Å². The number of fused-ring (bicyclic) bond motifs is 1. The largest absolute Gasteiger partial charge is 0.497 e. The van der Waals surface area contributed by atoms with Gasteiger partial charge in [-0.1, -0.05) is 6.07 Å². The number of rotatable bonds is 2. The zero-order valence-corrected chi connectivity index (χ0v) is 9.49. The van der Waals surface area contributed by atoms with Crippen LogP contribution in [-0.4, -0.2) is 13.2 Å². The topological polar surface area (TPSA) is 35.2 Å². The number of hydrogen-bond donors (Lipinski definition) is 1. The van der Waals surface area contributed by atoms with Gasteiger partial charge in [0.1, 0.15) is 5.75 Å². The quantitative estimate of drug-likeness (QED) is 0.805. The van der Waals surface area contributed by atoms with E-state index < -0.39 is 0 Å². The molecule has 0 spiro atoms. The first-order chi connectivity index (χ1) is 7.22. The van der Waals surface area contributed by atoms with Crippen LogP contribution in [0.5, 0.6) is 5.75 Å². The van der Waals surface area contributed by atoms with E-state index in [1.807, 2.05) is 6.07 Å². The highest BCUT2D eigenvalue weighted by Crippen LogP contribution is 2.35. The van der Waals surface area contributed by atoms with Crippen molar-refractivity contribution in [3.05, 3.63) is 29.3 Å². The lowest BCUT2D eigenvalue weighted by molar-refractivity contribution is 0.410. The minimum atomic E-state index is 0.233. The first-order valence-corrected chi connectivity index (χ1v) is 5.64. The van der Waals surface area contributed by atoms with Crippen molar-refractivity contribution in [1.29, 1.82) is 0 Å². The van der Waals surface area contributed by atoms with Gasteiger partial charge in [-0.25, -0.2) is 0 Å². The zero-order valence-electron chi connectivity index (χ0n) is 9.49. The molecule has 1 aliphatic carbocycles. The average molecular weight is 205 g/mol. The van der Waals surface area contributed by atoms with Gasteiger partial charge in [0.2, 0.25) is 0 Å². The van der Waals surface area contributed by atoms with Crippen LogP contribution in [0.2, 0.25) is 0 Å². The van der Waals surface area contributed by atoms with E-state index in [4.69, 9.17) is 10.5 Å². The molecule has 1 aliphatic rings. The second-order valence-corrected chi connectivity index (χ2v) is 4.42. The van der Waals surface area contributed by atoms with E-state index in [9.17, 15) is 0 Å². The summed E-state index contributed by atoms with van der Waals surface area (Å²) in [5, 5.41) is 0. The summed E-state index contributed by atoms with van der Waals surface area (Å²) >= 11 is 0. The molecule has 0 heterocycles. The third kappa shape index (κ3) is 2.00. The van der Waals surface area contributed by atoms with Gasteiger partial charge < -0.3 is 10.5 Å². The molecule has 0 fully saturated rings. The summed E-state index contributed by atoms with van der Waals surface area (Å²) in [7, 11) is 1.71. The smallest absolute Gasteiger partial charge is 0.119 e. The van der Waals surface area contributed by atoms with Crippen LogP contribution in [0.15, 0.2) is 18.2 Å². The van der Waals surface area contributed by atoms with Crippen molar-refractivity contribution in [2.24, 2.45) is 5.73 Å². The molecular weight excluding hydrogens is 186 g/mol. The number of methoxy groups -OCH3 is 1. The van der Waals surface area contributed by atoms with Gasteiger partial charge in [-0.05, 0) is 55.4 Å². The Kier molecular flexibility index (Phi) is 2.96. The summed E-state index contributed by atoms with van der Waals surface area (Å²) in [6.07, 6.45) is 3.64. The Balaban J connectivity index is 2.39. The molecule has 0 amide bonds. The van der Waals surface area contributed by atoms with E-state index in [0.717, 1.165) is 5.75 Å². The van der Waals surface area contributed by atoms with Gasteiger partial charge in [0.25, 0.3) is 0 Å². The van der Waals surface area contributed by atoms with Crippen molar-refractivity contribution in [1.82, 2.24) is 0 Å². The number of ether oxygens (including phenoxy) is 1. The lowest BCUT2D eigenvalue weighted by Crippen LogP contribution is -2.27. The second kappa shape index (κ2) is 4.23. The van der Waals surface area contributed by atoms with Crippen LogP contribution in [0.1, 0.15) is 36.8 Å². The summed E-state index contributed by atoms with van der Waals surface area (Å²) in [5.74, 6) is 1.45. The molecule has 0 aromatic heterocycles. The Morgan fingerprint density at radius 1 is 1.47 bits per heavy atom. The normalized spacial score (nSPS) is 21.9. The van der Waals surface area contributed by atoms with Crippen molar-refractivity contribution >= 4 is 0 Å². The molecule has 0 saturated carbocycles. The molecule has 0 saturated heterocycles. The van der Waals surface area contributed by atoms with Crippen LogP contribution < -0.4 is 10.5 Å². The van der Waals surface area contributed by atoms with Gasteiger partial charge >= 0.3 is 0 Å². The highest BCUT2D eigenvalue weighted by molar-refractivity contribution is 5.40. The minimum Gasteiger partial charge on any atom is -0.497 e. The van der Waals surface area contributed by atoms with Gasteiger partial charge in [0.05, 0.1) is 7.11 Å². The van der Waals surface area contributed by atoms with Gasteiger partial charge in [-0.3, -0.25) is 0 Å². The Morgan fingerprint density at radius 2 is 2.27 bits per heavy atom. The van der Waals surface area contributed by atoms with Crippen LogP contribution in [-0.2, 0) is 6.42 Å². The summed E-state index contributed by atoms with van der Waals surface area (Å²) in [4.78, 5) is 0. The third-order valence-electron chi connectivity index (χ3n) is 3.35. The molecule has 2 heteroatoms. The number of benzene rings is 1. The van der Waals surface area contributed by atoms with Crippen molar-refractivity contribution in [3.8, 4) is 5.75 Å². The Hall–Kier alpha value is -1.02. The first-order valence-electron chi connectivity index (χ1n) is 5.64. The second-order valence-electron chi connectivity index (χ2n) is 4.42. The predicted molar refractivity (Wildman–Crippen MR) is 62.3 cm³/mol. The van der Waals surface area contributed by atoms with E-state index in [2.05, 4.69) is 19.1 Å². The summed E-state index contributed by atoms with van der Waals surface area (Å²) in [6, 6.07) is 6.62. The maximum Gasteiger partial charge on any atom is 0.119 e. The molecule has 1 aromatic rings. The van der Waals surface area contributed by atoms with Crippen LogP contribution >= 0.6 is 0 Å². The molecule has 2 N–H and O–H groups in total. The highest BCUT2D eigenvalue weighted by atomic mass is 16.5. The molecule has 15 heavy (non-hydrogen) atoms. The zero-order chi connectivity index (χ0) is 10.8. The van der Waals surface area contributed by atoms with Crippen molar-refractivity contribution in [2.45, 2.75) is 38.1 Å². The predicted octanol–water partition coefficient (Wildman–Crippen LogP) is 2.46. The maximum absolute atomic E-state index is 6.03. The van der Waals surface area contributed by atoms with Crippen molar-refractivity contribution in [3.63, 3.8) is 0 Å². The third-order valence-corrected chi connectivity index (χ3v) is 3.35. The molecule has 82 valence electrons. The minimum absolute atomic E-state index is 0.233. The molecule has 0 radical (unpaired) electrons. The Morgan fingerprint density at radius 3 is 2.93 bits per heavy atom. The lowest BCUT2D eigenvalue weighted by atomic mass is 9.79. The molecule has 2 atom stereocenters. The fourth-order valence-corrected chi connectivity index (χ4v) is 2.49. The van der Waals surface area contributed by atoms with Gasteiger partial charge in [0, 0.05) is 6.04 Å². The fraction of sp³-hybridized carbons (Fsp3) is 0.538. The van der Waals surface area contributed by atoms with Crippen LogP contribution in [0.25, 0.3) is 0 Å². The summed E-state index contributed by atoms with van der Waals surface area (Å²) in [6.45, 7) is 2.10. The van der Waals surface area contributed by atoms with Gasteiger partial charge in [0.15, 0.2) is 0 Å². The van der Waals surface area contributed by atoms with Gasteiger partial charge in [-0.2, -0.15) is 0 Å². The molecule has 0 aliphatic heterocycles. The summed E-state index contributed by atoms with van der Waals surface area (Å²) < 4.78 is 5.27. The maximum atomic E-state index is 6.03. The molecule has 1 aromatic carbocycles. The fourth-order valence-electron chi connectivity index (χ4n) is 2.49. The van der Waals surface area contributed by atoms with Crippen LogP contribution in [0, 0.1) is 0 Å². The van der Waals surface area contributed by atoms with Crippen molar-refractivity contribution in [2.75, 3.05) is 7.11 Å². The summed E-state index contributed by atoms with van der Waals surface area (Å²) in [5.41, 5.74) is 8.88.